The minimum Gasteiger partial charge on any atom is -0.464 e. The number of H-pyrrole nitrogens is 1. The van der Waals surface area contributed by atoms with Gasteiger partial charge in [-0.3, -0.25) is 0 Å². The Hall–Kier alpha value is -2.16. The van der Waals surface area contributed by atoms with Gasteiger partial charge in [-0.25, -0.2) is 14.6 Å². The molecule has 4 N–H and O–H groups in total. The molecule has 0 spiro atoms. The van der Waals surface area contributed by atoms with Gasteiger partial charge >= 0.3 is 11.9 Å². The van der Waals surface area contributed by atoms with Gasteiger partial charge in [0.15, 0.2) is 6.17 Å². The van der Waals surface area contributed by atoms with E-state index in [4.69, 9.17) is 22.2 Å². The van der Waals surface area contributed by atoms with Gasteiger partial charge in [0.05, 0.1) is 17.2 Å². The van der Waals surface area contributed by atoms with Crippen molar-refractivity contribution in [3.63, 3.8) is 0 Å². The first-order chi connectivity index (χ1) is 10.0. The summed E-state index contributed by atoms with van der Waals surface area (Å²) in [6, 6.07) is 1.68. The average Bonchev–Trinajstić information content (AvgIpc) is 2.94. The standard InChI is InChI=1S/C12H13ClN4O4/c1-2-20-12(19)9(14)17-21-11(18)7-5-16-10-6(8(7)13)3-4-15-10/h3-5,9,17H,2,14H2,1H3,(H,15,16). The number of hydrogen-bond donors (Lipinski definition) is 3. The number of hydroxylamine groups is 1. The van der Waals surface area contributed by atoms with Gasteiger partial charge < -0.3 is 20.3 Å². The molecule has 112 valence electrons. The molecule has 1 atom stereocenters. The molecule has 2 heterocycles. The molecule has 0 bridgehead atoms. The van der Waals surface area contributed by atoms with Crippen LogP contribution in [0.5, 0.6) is 0 Å². The van der Waals surface area contributed by atoms with Crippen LogP contribution in [0.4, 0.5) is 0 Å². The summed E-state index contributed by atoms with van der Waals surface area (Å²) in [5.41, 5.74) is 8.12. The van der Waals surface area contributed by atoms with Crippen LogP contribution in [-0.4, -0.2) is 34.7 Å². The van der Waals surface area contributed by atoms with E-state index < -0.39 is 18.1 Å². The number of halogens is 1. The van der Waals surface area contributed by atoms with E-state index >= 15 is 0 Å². The summed E-state index contributed by atoms with van der Waals surface area (Å²) < 4.78 is 4.65. The highest BCUT2D eigenvalue weighted by molar-refractivity contribution is 6.38. The predicted octanol–water partition coefficient (Wildman–Crippen LogP) is 0.726. The molecule has 2 rings (SSSR count). The first-order valence-corrected chi connectivity index (χ1v) is 6.43. The third-order valence-electron chi connectivity index (χ3n) is 2.56. The highest BCUT2D eigenvalue weighted by atomic mass is 35.5. The molecular formula is C12H13ClN4O4. The van der Waals surface area contributed by atoms with Crippen molar-refractivity contribution < 1.29 is 19.2 Å². The lowest BCUT2D eigenvalue weighted by Crippen LogP contribution is -2.46. The summed E-state index contributed by atoms with van der Waals surface area (Å²) in [5.74, 6) is -1.55. The number of nitrogens with two attached hydrogens (primary N) is 1. The summed E-state index contributed by atoms with van der Waals surface area (Å²) in [5, 5.41) is 0.776. The summed E-state index contributed by atoms with van der Waals surface area (Å²) in [4.78, 5) is 34.7. The van der Waals surface area contributed by atoms with Gasteiger partial charge in [0, 0.05) is 17.8 Å². The number of ether oxygens (including phenoxy) is 1. The molecule has 8 nitrogen and oxygen atoms in total. The largest absolute Gasteiger partial charge is 0.464 e. The average molecular weight is 313 g/mol. The van der Waals surface area contributed by atoms with Crippen LogP contribution in [0, 0.1) is 0 Å². The van der Waals surface area contributed by atoms with Gasteiger partial charge in [-0.1, -0.05) is 11.6 Å². The van der Waals surface area contributed by atoms with E-state index in [1.165, 1.54) is 6.20 Å². The number of rotatable bonds is 5. The second-order valence-corrected chi connectivity index (χ2v) is 4.34. The Morgan fingerprint density at radius 2 is 2.33 bits per heavy atom. The molecule has 0 radical (unpaired) electrons. The van der Waals surface area contributed by atoms with E-state index in [9.17, 15) is 9.59 Å². The number of carbonyl (C=O) groups is 2. The molecule has 2 aromatic heterocycles. The fraction of sp³-hybridized carbons (Fsp3) is 0.250. The zero-order valence-electron chi connectivity index (χ0n) is 11.1. The minimum absolute atomic E-state index is 0.0484. The minimum atomic E-state index is -1.28. The quantitative estimate of drug-likeness (QED) is 0.423. The summed E-state index contributed by atoms with van der Waals surface area (Å²) in [6.45, 7) is 1.80. The summed E-state index contributed by atoms with van der Waals surface area (Å²) >= 11 is 6.09. The molecule has 0 saturated carbocycles. The third-order valence-corrected chi connectivity index (χ3v) is 2.97. The Kier molecular flexibility index (Phi) is 4.73. The van der Waals surface area contributed by atoms with Crippen LogP contribution < -0.4 is 11.2 Å². The number of nitrogens with zero attached hydrogens (tertiary/aromatic N) is 1. The van der Waals surface area contributed by atoms with Crippen molar-refractivity contribution in [1.82, 2.24) is 15.4 Å². The lowest BCUT2D eigenvalue weighted by Gasteiger charge is -2.12. The van der Waals surface area contributed by atoms with E-state index in [2.05, 4.69) is 20.2 Å². The number of fused-ring (bicyclic) bond motifs is 1. The Morgan fingerprint density at radius 1 is 1.57 bits per heavy atom. The predicted molar refractivity (Wildman–Crippen MR) is 74.3 cm³/mol. The molecule has 9 heteroatoms. The zero-order chi connectivity index (χ0) is 15.4. The fourth-order valence-electron chi connectivity index (χ4n) is 1.57. The van der Waals surface area contributed by atoms with Crippen molar-refractivity contribution in [3.8, 4) is 0 Å². The Labute approximate surface area is 124 Å². The van der Waals surface area contributed by atoms with Crippen molar-refractivity contribution in [2.45, 2.75) is 13.1 Å². The maximum Gasteiger partial charge on any atom is 0.360 e. The van der Waals surface area contributed by atoms with E-state index in [0.29, 0.717) is 11.0 Å². The maximum atomic E-state index is 11.9. The van der Waals surface area contributed by atoms with Gasteiger partial charge in [0.2, 0.25) is 0 Å². The Balaban J connectivity index is 2.05. The Bertz CT molecular complexity index is 672. The lowest BCUT2D eigenvalue weighted by molar-refractivity contribution is -0.148. The Morgan fingerprint density at radius 3 is 3.05 bits per heavy atom. The van der Waals surface area contributed by atoms with Crippen molar-refractivity contribution in [1.29, 1.82) is 0 Å². The van der Waals surface area contributed by atoms with Crippen LogP contribution in [0.25, 0.3) is 11.0 Å². The van der Waals surface area contributed by atoms with Crippen molar-refractivity contribution >= 4 is 34.6 Å². The first-order valence-electron chi connectivity index (χ1n) is 6.05. The van der Waals surface area contributed by atoms with E-state index in [1.807, 2.05) is 0 Å². The number of aromatic amines is 1. The molecule has 0 aromatic carbocycles. The normalized spacial score (nSPS) is 12.1. The lowest BCUT2D eigenvalue weighted by atomic mass is 10.2. The first kappa shape index (κ1) is 15.2. The molecule has 0 fully saturated rings. The molecule has 21 heavy (non-hydrogen) atoms. The molecule has 1 unspecified atom stereocenters. The number of carbonyl (C=O) groups excluding carboxylic acids is 2. The molecule has 0 saturated heterocycles. The van der Waals surface area contributed by atoms with Crippen LogP contribution in [0.3, 0.4) is 0 Å². The van der Waals surface area contributed by atoms with Crippen molar-refractivity contribution in [2.75, 3.05) is 6.61 Å². The summed E-state index contributed by atoms with van der Waals surface area (Å²) in [6.07, 6.45) is 1.63. The van der Waals surface area contributed by atoms with E-state index in [-0.39, 0.29) is 17.2 Å². The topological polar surface area (TPSA) is 119 Å². The van der Waals surface area contributed by atoms with Crippen LogP contribution in [0.1, 0.15) is 17.3 Å². The van der Waals surface area contributed by atoms with Gasteiger partial charge in [-0.2, -0.15) is 0 Å². The molecule has 0 aliphatic heterocycles. The van der Waals surface area contributed by atoms with Gasteiger partial charge in [-0.05, 0) is 13.0 Å². The van der Waals surface area contributed by atoms with Crippen LogP contribution in [0.2, 0.25) is 5.02 Å². The van der Waals surface area contributed by atoms with Gasteiger partial charge in [0.25, 0.3) is 0 Å². The second-order valence-electron chi connectivity index (χ2n) is 3.96. The van der Waals surface area contributed by atoms with Gasteiger partial charge in [-0.15, -0.1) is 5.48 Å². The third kappa shape index (κ3) is 3.30. The molecular weight excluding hydrogens is 300 g/mol. The molecule has 0 aliphatic rings. The summed E-state index contributed by atoms with van der Waals surface area (Å²) in [7, 11) is 0. The molecule has 2 aromatic rings. The smallest absolute Gasteiger partial charge is 0.360 e. The SMILES string of the molecule is CCOC(=O)C(N)NOC(=O)c1cnc2[nH]ccc2c1Cl. The highest BCUT2D eigenvalue weighted by Gasteiger charge is 2.20. The monoisotopic (exact) mass is 312 g/mol. The van der Waals surface area contributed by atoms with Crippen molar-refractivity contribution in [2.24, 2.45) is 5.73 Å². The number of hydrogen-bond acceptors (Lipinski definition) is 7. The highest BCUT2D eigenvalue weighted by Crippen LogP contribution is 2.25. The number of aromatic nitrogens is 2. The zero-order valence-corrected chi connectivity index (χ0v) is 11.8. The fourth-order valence-corrected chi connectivity index (χ4v) is 1.85. The number of pyridine rings is 1. The molecule has 0 aliphatic carbocycles. The van der Waals surface area contributed by atoms with Crippen LogP contribution in [-0.2, 0) is 14.4 Å². The van der Waals surface area contributed by atoms with E-state index in [1.54, 1.807) is 19.2 Å². The second kappa shape index (κ2) is 6.53. The van der Waals surface area contributed by atoms with Crippen LogP contribution >= 0.6 is 11.6 Å². The van der Waals surface area contributed by atoms with Gasteiger partial charge in [0.1, 0.15) is 5.65 Å². The van der Waals surface area contributed by atoms with Crippen molar-refractivity contribution in [3.05, 3.63) is 29.0 Å². The van der Waals surface area contributed by atoms with Crippen LogP contribution in [0.15, 0.2) is 18.5 Å². The van der Waals surface area contributed by atoms with E-state index in [0.717, 1.165) is 0 Å². The molecule has 0 amide bonds. The maximum absolute atomic E-state index is 11.9. The number of esters is 1. The number of nitrogens with one attached hydrogen (secondary N) is 2.